The van der Waals surface area contributed by atoms with Gasteiger partial charge in [-0.3, -0.25) is 4.79 Å². The lowest BCUT2D eigenvalue weighted by Gasteiger charge is -2.49. The van der Waals surface area contributed by atoms with Gasteiger partial charge in [-0.25, -0.2) is 19.3 Å². The molecule has 3 aliphatic rings. The summed E-state index contributed by atoms with van der Waals surface area (Å²) in [5.41, 5.74) is 2.20. The van der Waals surface area contributed by atoms with E-state index in [1.54, 1.807) is 18.3 Å². The quantitative estimate of drug-likeness (QED) is 0.639. The van der Waals surface area contributed by atoms with Gasteiger partial charge in [0.1, 0.15) is 6.10 Å². The van der Waals surface area contributed by atoms with Crippen LogP contribution in [0.15, 0.2) is 55.0 Å². The first kappa shape index (κ1) is 19.6. The molecular formula is C24H23FN4O2. The molecule has 2 saturated heterocycles. The minimum Gasteiger partial charge on any atom is -0.472 e. The third kappa shape index (κ3) is 3.87. The van der Waals surface area contributed by atoms with E-state index in [4.69, 9.17) is 4.74 Å². The fraction of sp³-hybridized carbons (Fsp3) is 0.333. The van der Waals surface area contributed by atoms with Gasteiger partial charge in [0.15, 0.2) is 11.6 Å². The van der Waals surface area contributed by atoms with Gasteiger partial charge in [0.25, 0.3) is 5.91 Å². The van der Waals surface area contributed by atoms with E-state index in [-0.39, 0.29) is 18.1 Å². The molecule has 6 rings (SSSR count). The van der Waals surface area contributed by atoms with Gasteiger partial charge in [-0.1, -0.05) is 24.3 Å². The first-order chi connectivity index (χ1) is 15.1. The molecule has 3 atom stereocenters. The molecule has 2 aliphatic heterocycles. The first-order valence-electron chi connectivity index (χ1n) is 10.6. The van der Waals surface area contributed by atoms with Crippen molar-refractivity contribution < 1.29 is 13.9 Å². The molecule has 2 aromatic heterocycles. The number of amides is 1. The minimum atomic E-state index is -0.509. The van der Waals surface area contributed by atoms with Gasteiger partial charge >= 0.3 is 0 Å². The van der Waals surface area contributed by atoms with Gasteiger partial charge in [-0.15, -0.1) is 0 Å². The molecule has 1 aliphatic carbocycles. The van der Waals surface area contributed by atoms with Crippen LogP contribution in [0.2, 0.25) is 0 Å². The molecule has 0 radical (unpaired) electrons. The number of nitrogens with zero attached hydrogens (tertiary/aromatic N) is 4. The smallest absolute Gasteiger partial charge is 0.254 e. The van der Waals surface area contributed by atoms with E-state index in [1.807, 2.05) is 36.1 Å². The molecule has 0 unspecified atom stereocenters. The molecule has 4 heterocycles. The van der Waals surface area contributed by atoms with Crippen LogP contribution in [-0.4, -0.2) is 44.4 Å². The SMILES string of the molecule is Cc1ccc(O[C@@H]2C[C@H]3CC[C@@H]2N(C(=O)c2ccccc2-c2ncc(F)cn2)C3)nc1. The van der Waals surface area contributed by atoms with Crippen LogP contribution in [0.1, 0.15) is 35.2 Å². The highest BCUT2D eigenvalue weighted by molar-refractivity contribution is 6.00. The zero-order valence-electron chi connectivity index (χ0n) is 17.2. The summed E-state index contributed by atoms with van der Waals surface area (Å²) < 4.78 is 19.5. The molecule has 3 fully saturated rings. The van der Waals surface area contributed by atoms with Crippen molar-refractivity contribution in [3.05, 3.63) is 71.9 Å². The lowest BCUT2D eigenvalue weighted by molar-refractivity contribution is -0.0313. The van der Waals surface area contributed by atoms with Crippen molar-refractivity contribution in [2.24, 2.45) is 5.92 Å². The topological polar surface area (TPSA) is 68.2 Å². The fourth-order valence-electron chi connectivity index (χ4n) is 4.64. The maximum Gasteiger partial charge on any atom is 0.254 e. The Kier molecular flexibility index (Phi) is 5.10. The van der Waals surface area contributed by atoms with Crippen molar-refractivity contribution in [3.63, 3.8) is 0 Å². The van der Waals surface area contributed by atoms with Gasteiger partial charge in [0, 0.05) is 24.4 Å². The Labute approximate surface area is 180 Å². The number of piperidine rings is 2. The Hall–Kier alpha value is -3.35. The van der Waals surface area contributed by atoms with Crippen molar-refractivity contribution in [1.29, 1.82) is 0 Å². The average molecular weight is 418 g/mol. The predicted octanol–water partition coefficient (Wildman–Crippen LogP) is 4.06. The number of hydrogen-bond acceptors (Lipinski definition) is 5. The van der Waals surface area contributed by atoms with E-state index in [1.165, 1.54) is 0 Å². The molecule has 158 valence electrons. The van der Waals surface area contributed by atoms with Crippen molar-refractivity contribution in [3.8, 4) is 17.3 Å². The van der Waals surface area contributed by atoms with E-state index >= 15 is 0 Å². The predicted molar refractivity (Wildman–Crippen MR) is 113 cm³/mol. The van der Waals surface area contributed by atoms with Crippen LogP contribution in [0.3, 0.4) is 0 Å². The molecular weight excluding hydrogens is 395 g/mol. The number of ether oxygens (including phenoxy) is 1. The van der Waals surface area contributed by atoms with E-state index in [0.29, 0.717) is 35.3 Å². The van der Waals surface area contributed by atoms with E-state index in [2.05, 4.69) is 15.0 Å². The molecule has 2 bridgehead atoms. The van der Waals surface area contributed by atoms with Crippen molar-refractivity contribution in [1.82, 2.24) is 19.9 Å². The lowest BCUT2D eigenvalue weighted by Crippen LogP contribution is -2.59. The van der Waals surface area contributed by atoms with Crippen LogP contribution in [-0.2, 0) is 0 Å². The van der Waals surface area contributed by atoms with Crippen LogP contribution >= 0.6 is 0 Å². The molecule has 0 spiro atoms. The Morgan fingerprint density at radius 2 is 1.87 bits per heavy atom. The highest BCUT2D eigenvalue weighted by atomic mass is 19.1. The number of hydrogen-bond donors (Lipinski definition) is 0. The summed E-state index contributed by atoms with van der Waals surface area (Å²) in [6.07, 6.45) is 6.86. The van der Waals surface area contributed by atoms with E-state index in [9.17, 15) is 9.18 Å². The number of rotatable bonds is 4. The first-order valence-corrected chi connectivity index (χ1v) is 10.6. The number of pyridine rings is 1. The third-order valence-electron chi connectivity index (χ3n) is 6.16. The number of benzene rings is 1. The highest BCUT2D eigenvalue weighted by Gasteiger charge is 2.44. The molecule has 6 nitrogen and oxygen atoms in total. The Bertz CT molecular complexity index is 1090. The van der Waals surface area contributed by atoms with Crippen molar-refractivity contribution in [2.45, 2.75) is 38.3 Å². The monoisotopic (exact) mass is 418 g/mol. The van der Waals surface area contributed by atoms with Gasteiger partial charge in [-0.2, -0.15) is 0 Å². The second-order valence-electron chi connectivity index (χ2n) is 8.30. The number of carbonyl (C=O) groups is 1. The van der Waals surface area contributed by atoms with Crippen LogP contribution in [0, 0.1) is 18.7 Å². The van der Waals surface area contributed by atoms with Gasteiger partial charge in [-0.05, 0) is 43.7 Å². The second kappa shape index (κ2) is 8.06. The maximum absolute atomic E-state index is 13.6. The summed E-state index contributed by atoms with van der Waals surface area (Å²) in [6, 6.07) is 11.1. The van der Waals surface area contributed by atoms with Crippen LogP contribution in [0.4, 0.5) is 4.39 Å². The molecule has 1 aromatic carbocycles. The molecule has 0 N–H and O–H groups in total. The van der Waals surface area contributed by atoms with Gasteiger partial charge < -0.3 is 9.64 Å². The van der Waals surface area contributed by atoms with Crippen LogP contribution in [0.5, 0.6) is 5.88 Å². The number of aromatic nitrogens is 3. The molecule has 1 amide bonds. The van der Waals surface area contributed by atoms with Gasteiger partial charge in [0.05, 0.1) is 24.0 Å². The average Bonchev–Trinajstić information content (AvgIpc) is 2.81. The standard InChI is InChI=1S/C24H23FN4O2/c1-15-6-9-22(26-11-15)31-21-10-16-7-8-20(21)29(14-16)24(30)19-5-3-2-4-18(19)23-27-12-17(25)13-28-23/h2-6,9,11-13,16,20-21H,7-8,10,14H2,1H3/t16-,20+,21-/m1/s1. The highest BCUT2D eigenvalue weighted by Crippen LogP contribution is 2.38. The minimum absolute atomic E-state index is 0.0113. The zero-order chi connectivity index (χ0) is 21.4. The summed E-state index contributed by atoms with van der Waals surface area (Å²) in [4.78, 5) is 28.1. The number of aryl methyl sites for hydroxylation is 1. The largest absolute Gasteiger partial charge is 0.472 e. The zero-order valence-corrected chi connectivity index (χ0v) is 17.2. The molecule has 1 saturated carbocycles. The van der Waals surface area contributed by atoms with Crippen molar-refractivity contribution in [2.75, 3.05) is 6.54 Å². The Morgan fingerprint density at radius 3 is 2.61 bits per heavy atom. The van der Waals surface area contributed by atoms with Crippen molar-refractivity contribution >= 4 is 5.91 Å². The summed E-state index contributed by atoms with van der Waals surface area (Å²) in [5.74, 6) is 0.757. The summed E-state index contributed by atoms with van der Waals surface area (Å²) >= 11 is 0. The molecule has 3 aromatic rings. The van der Waals surface area contributed by atoms with Gasteiger partial charge in [0.2, 0.25) is 5.88 Å². The maximum atomic E-state index is 13.6. The fourth-order valence-corrected chi connectivity index (χ4v) is 4.64. The van der Waals surface area contributed by atoms with Crippen LogP contribution in [0.25, 0.3) is 11.4 Å². The Balaban J connectivity index is 1.42. The Morgan fingerprint density at radius 1 is 1.06 bits per heavy atom. The van der Waals surface area contributed by atoms with Crippen LogP contribution < -0.4 is 4.74 Å². The summed E-state index contributed by atoms with van der Waals surface area (Å²) in [5, 5.41) is 0. The summed E-state index contributed by atoms with van der Waals surface area (Å²) in [7, 11) is 0. The van der Waals surface area contributed by atoms with E-state index < -0.39 is 5.82 Å². The lowest BCUT2D eigenvalue weighted by atomic mass is 9.77. The molecule has 31 heavy (non-hydrogen) atoms. The third-order valence-corrected chi connectivity index (χ3v) is 6.16. The second-order valence-corrected chi connectivity index (χ2v) is 8.30. The number of halogens is 1. The number of carbonyl (C=O) groups excluding carboxylic acids is 1. The normalized spacial score (nSPS) is 22.4. The van der Waals surface area contributed by atoms with E-state index in [0.717, 1.165) is 37.2 Å². The molecule has 7 heteroatoms. The number of fused-ring (bicyclic) bond motifs is 3. The summed E-state index contributed by atoms with van der Waals surface area (Å²) in [6.45, 7) is 2.70.